The van der Waals surface area contributed by atoms with Gasteiger partial charge in [-0.2, -0.15) is 4.73 Å². The lowest BCUT2D eigenvalue weighted by molar-refractivity contribution is -0.603. The molecule has 0 bridgehead atoms. The Bertz CT molecular complexity index is 387. The molecule has 0 fully saturated rings. The van der Waals surface area contributed by atoms with E-state index in [2.05, 4.69) is 4.98 Å². The summed E-state index contributed by atoms with van der Waals surface area (Å²) in [6.07, 6.45) is 4.65. The standard InChI is InChI=1S/C8H6N2O/c11-10-5-3-8-7(6-10)2-1-4-9-8/h1-6H. The molecule has 0 amide bonds. The van der Waals surface area contributed by atoms with E-state index in [9.17, 15) is 5.21 Å². The zero-order valence-corrected chi connectivity index (χ0v) is 5.77. The summed E-state index contributed by atoms with van der Waals surface area (Å²) in [4.78, 5) is 4.07. The summed E-state index contributed by atoms with van der Waals surface area (Å²) in [6.45, 7) is 0. The molecule has 0 atom stereocenters. The third-order valence-corrected chi connectivity index (χ3v) is 1.52. The van der Waals surface area contributed by atoms with E-state index < -0.39 is 0 Å². The minimum absolute atomic E-state index is 0.768. The quantitative estimate of drug-likeness (QED) is 0.408. The first kappa shape index (κ1) is 6.09. The molecule has 0 spiro atoms. The number of hydrogen-bond acceptors (Lipinski definition) is 2. The van der Waals surface area contributed by atoms with Crippen LogP contribution < -0.4 is 4.73 Å². The maximum atomic E-state index is 10.8. The fourth-order valence-electron chi connectivity index (χ4n) is 1.00. The molecule has 0 aromatic carbocycles. The molecule has 2 aromatic rings. The van der Waals surface area contributed by atoms with Gasteiger partial charge in [-0.1, -0.05) is 0 Å². The van der Waals surface area contributed by atoms with Crippen molar-refractivity contribution in [3.05, 3.63) is 42.0 Å². The molecule has 3 nitrogen and oxygen atoms in total. The zero-order valence-electron chi connectivity index (χ0n) is 5.77. The van der Waals surface area contributed by atoms with Crippen LogP contribution in [0.1, 0.15) is 0 Å². The first-order valence-electron chi connectivity index (χ1n) is 3.30. The van der Waals surface area contributed by atoms with Crippen LogP contribution in [0.5, 0.6) is 0 Å². The van der Waals surface area contributed by atoms with Crippen LogP contribution in [0.15, 0.2) is 36.8 Å². The van der Waals surface area contributed by atoms with Gasteiger partial charge in [-0.3, -0.25) is 4.98 Å². The Hall–Kier alpha value is -1.64. The van der Waals surface area contributed by atoms with Crippen LogP contribution in [0.2, 0.25) is 0 Å². The van der Waals surface area contributed by atoms with Crippen molar-refractivity contribution in [3.63, 3.8) is 0 Å². The Kier molecular flexibility index (Phi) is 1.22. The molecule has 3 heteroatoms. The molecule has 54 valence electrons. The lowest BCUT2D eigenvalue weighted by atomic mass is 10.3. The second kappa shape index (κ2) is 2.20. The number of nitrogens with zero attached hydrogens (tertiary/aromatic N) is 2. The first-order chi connectivity index (χ1) is 5.36. The Labute approximate surface area is 63.5 Å². The number of rotatable bonds is 0. The highest BCUT2D eigenvalue weighted by Gasteiger charge is 1.95. The topological polar surface area (TPSA) is 39.8 Å². The van der Waals surface area contributed by atoms with Crippen molar-refractivity contribution in [2.45, 2.75) is 0 Å². The molecule has 2 heterocycles. The highest BCUT2D eigenvalue weighted by atomic mass is 16.5. The minimum Gasteiger partial charge on any atom is -0.619 e. The van der Waals surface area contributed by atoms with E-state index in [1.807, 2.05) is 12.1 Å². The summed E-state index contributed by atoms with van der Waals surface area (Å²) in [6, 6.07) is 5.36. The molecule has 0 N–H and O–H groups in total. The molecule has 0 radical (unpaired) electrons. The van der Waals surface area contributed by atoms with Crippen molar-refractivity contribution in [1.29, 1.82) is 0 Å². The fourth-order valence-corrected chi connectivity index (χ4v) is 1.00. The second-order valence-corrected chi connectivity index (χ2v) is 2.28. The van der Waals surface area contributed by atoms with Gasteiger partial charge in [0.05, 0.1) is 10.9 Å². The minimum atomic E-state index is 0.768. The van der Waals surface area contributed by atoms with E-state index in [0.29, 0.717) is 0 Å². The van der Waals surface area contributed by atoms with Crippen LogP contribution in [0, 0.1) is 5.21 Å². The number of fused-ring (bicyclic) bond motifs is 1. The predicted octanol–water partition coefficient (Wildman–Crippen LogP) is 0.868. The van der Waals surface area contributed by atoms with Crippen LogP contribution in [-0.4, -0.2) is 4.98 Å². The van der Waals surface area contributed by atoms with Crippen LogP contribution in [0.4, 0.5) is 0 Å². The van der Waals surface area contributed by atoms with Crippen LogP contribution in [0.3, 0.4) is 0 Å². The number of aromatic nitrogens is 2. The van der Waals surface area contributed by atoms with Gasteiger partial charge in [-0.25, -0.2) is 0 Å². The van der Waals surface area contributed by atoms with E-state index in [-0.39, 0.29) is 0 Å². The molecule has 0 aliphatic rings. The Morgan fingerprint density at radius 3 is 3.18 bits per heavy atom. The van der Waals surface area contributed by atoms with Crippen molar-refractivity contribution in [2.75, 3.05) is 0 Å². The number of pyridine rings is 2. The molecular formula is C8H6N2O. The largest absolute Gasteiger partial charge is 0.619 e. The highest BCUT2D eigenvalue weighted by Crippen LogP contribution is 2.05. The molecule has 0 saturated heterocycles. The van der Waals surface area contributed by atoms with Crippen molar-refractivity contribution in [3.8, 4) is 0 Å². The van der Waals surface area contributed by atoms with Gasteiger partial charge in [-0.05, 0) is 12.1 Å². The van der Waals surface area contributed by atoms with Crippen LogP contribution in [0.25, 0.3) is 10.9 Å². The lowest BCUT2D eigenvalue weighted by Gasteiger charge is -1.95. The smallest absolute Gasteiger partial charge is 0.189 e. The van der Waals surface area contributed by atoms with Crippen LogP contribution in [-0.2, 0) is 0 Å². The summed E-state index contributed by atoms with van der Waals surface area (Å²) >= 11 is 0. The normalized spacial score (nSPS) is 10.2. The average molecular weight is 146 g/mol. The number of hydrogen-bond donors (Lipinski definition) is 0. The predicted molar refractivity (Wildman–Crippen MR) is 40.7 cm³/mol. The van der Waals surface area contributed by atoms with Gasteiger partial charge in [0.25, 0.3) is 0 Å². The highest BCUT2D eigenvalue weighted by molar-refractivity contribution is 5.75. The average Bonchev–Trinajstić information content (AvgIpc) is 2.04. The van der Waals surface area contributed by atoms with E-state index in [1.165, 1.54) is 12.4 Å². The lowest BCUT2D eigenvalue weighted by Crippen LogP contribution is -2.23. The SMILES string of the molecule is [O-][n+]1ccc2ncccc2c1. The van der Waals surface area contributed by atoms with E-state index in [0.717, 1.165) is 15.6 Å². The Morgan fingerprint density at radius 2 is 2.27 bits per heavy atom. The second-order valence-electron chi connectivity index (χ2n) is 2.28. The van der Waals surface area contributed by atoms with Crippen LogP contribution >= 0.6 is 0 Å². The summed E-state index contributed by atoms with van der Waals surface area (Å²) in [5.41, 5.74) is 0.847. The molecule has 2 aromatic heterocycles. The van der Waals surface area contributed by atoms with E-state index >= 15 is 0 Å². The summed E-state index contributed by atoms with van der Waals surface area (Å²) in [5.74, 6) is 0. The Balaban J connectivity index is 2.83. The van der Waals surface area contributed by atoms with Gasteiger partial charge in [0.15, 0.2) is 12.4 Å². The first-order valence-corrected chi connectivity index (χ1v) is 3.30. The molecule has 2 rings (SSSR count). The van der Waals surface area contributed by atoms with Crippen molar-refractivity contribution in [1.82, 2.24) is 4.98 Å². The third kappa shape index (κ3) is 1.00. The van der Waals surface area contributed by atoms with Gasteiger partial charge in [-0.15, -0.1) is 0 Å². The summed E-state index contributed by atoms with van der Waals surface area (Å²) < 4.78 is 0.768. The van der Waals surface area contributed by atoms with E-state index in [1.54, 1.807) is 12.3 Å². The van der Waals surface area contributed by atoms with Gasteiger partial charge >= 0.3 is 0 Å². The summed E-state index contributed by atoms with van der Waals surface area (Å²) in [7, 11) is 0. The maximum absolute atomic E-state index is 10.8. The monoisotopic (exact) mass is 146 g/mol. The van der Waals surface area contributed by atoms with Gasteiger partial charge in [0.1, 0.15) is 0 Å². The zero-order chi connectivity index (χ0) is 7.68. The van der Waals surface area contributed by atoms with Crippen molar-refractivity contribution in [2.24, 2.45) is 0 Å². The molecule has 0 unspecified atom stereocenters. The maximum Gasteiger partial charge on any atom is 0.189 e. The fraction of sp³-hybridized carbons (Fsp3) is 0. The van der Waals surface area contributed by atoms with Gasteiger partial charge < -0.3 is 5.21 Å². The van der Waals surface area contributed by atoms with Gasteiger partial charge in [0, 0.05) is 12.3 Å². The summed E-state index contributed by atoms with van der Waals surface area (Å²) in [5, 5.41) is 11.6. The third-order valence-electron chi connectivity index (χ3n) is 1.52. The molecule has 0 aliphatic heterocycles. The molecule has 0 saturated carbocycles. The van der Waals surface area contributed by atoms with Crippen molar-refractivity contribution < 1.29 is 4.73 Å². The van der Waals surface area contributed by atoms with E-state index in [4.69, 9.17) is 0 Å². The Morgan fingerprint density at radius 1 is 1.36 bits per heavy atom. The molecular weight excluding hydrogens is 140 g/mol. The van der Waals surface area contributed by atoms with Gasteiger partial charge in [0.2, 0.25) is 0 Å². The molecule has 11 heavy (non-hydrogen) atoms. The molecule has 0 aliphatic carbocycles. The van der Waals surface area contributed by atoms with Crippen molar-refractivity contribution >= 4 is 10.9 Å².